The summed E-state index contributed by atoms with van der Waals surface area (Å²) in [5, 5.41) is 15.1. The van der Waals surface area contributed by atoms with Crippen molar-refractivity contribution in [1.82, 2.24) is 30.4 Å². The number of hydrogen-bond acceptors (Lipinski definition) is 6. The molecule has 1 amide bonds. The Labute approximate surface area is 118 Å². The van der Waals surface area contributed by atoms with Crippen LogP contribution in [0.5, 0.6) is 0 Å². The van der Waals surface area contributed by atoms with E-state index in [0.29, 0.717) is 17.5 Å². The highest BCUT2D eigenvalue weighted by molar-refractivity contribution is 7.99. The van der Waals surface area contributed by atoms with Crippen molar-refractivity contribution in [3.63, 3.8) is 0 Å². The third-order valence-electron chi connectivity index (χ3n) is 2.10. The predicted molar refractivity (Wildman–Crippen MR) is 75.0 cm³/mol. The van der Waals surface area contributed by atoms with Gasteiger partial charge in [0.05, 0.1) is 12.3 Å². The second-order valence-corrected chi connectivity index (χ2v) is 6.52. The summed E-state index contributed by atoms with van der Waals surface area (Å²) >= 11 is 1.35. The van der Waals surface area contributed by atoms with E-state index in [0.717, 1.165) is 6.54 Å². The lowest BCUT2D eigenvalue weighted by Crippen LogP contribution is -2.41. The predicted octanol–water partition coefficient (Wildman–Crippen LogP) is 0.242. The lowest BCUT2D eigenvalue weighted by molar-refractivity contribution is -0.119. The molecule has 0 spiro atoms. The Morgan fingerprint density at radius 2 is 2.11 bits per heavy atom. The van der Waals surface area contributed by atoms with Gasteiger partial charge in [0.2, 0.25) is 11.1 Å². The summed E-state index contributed by atoms with van der Waals surface area (Å²) < 4.78 is 1.72. The second-order valence-electron chi connectivity index (χ2n) is 5.57. The topological polar surface area (TPSA) is 75.9 Å². The first-order chi connectivity index (χ1) is 8.78. The van der Waals surface area contributed by atoms with Gasteiger partial charge >= 0.3 is 0 Å². The second kappa shape index (κ2) is 6.85. The molecule has 1 aromatic heterocycles. The largest absolute Gasteiger partial charge is 0.351 e. The molecule has 8 heteroatoms. The zero-order chi connectivity index (χ0) is 14.5. The molecule has 0 aromatic carbocycles. The zero-order valence-electron chi connectivity index (χ0n) is 12.2. The average molecular weight is 286 g/mol. The monoisotopic (exact) mass is 286 g/mol. The molecule has 108 valence electrons. The van der Waals surface area contributed by atoms with E-state index < -0.39 is 0 Å². The van der Waals surface area contributed by atoms with E-state index in [9.17, 15) is 4.79 Å². The molecule has 0 aliphatic rings. The summed E-state index contributed by atoms with van der Waals surface area (Å²) in [6.45, 7) is 7.43. The SMILES string of the molecule is CN(C)CCn1nnnc1SCC(=O)NC(C)(C)C. The van der Waals surface area contributed by atoms with Gasteiger partial charge in [0.25, 0.3) is 0 Å². The maximum Gasteiger partial charge on any atom is 0.230 e. The molecule has 7 nitrogen and oxygen atoms in total. The third-order valence-corrected chi connectivity index (χ3v) is 3.06. The van der Waals surface area contributed by atoms with Crippen molar-refractivity contribution < 1.29 is 4.79 Å². The van der Waals surface area contributed by atoms with Crippen molar-refractivity contribution in [2.75, 3.05) is 26.4 Å². The minimum Gasteiger partial charge on any atom is -0.351 e. The van der Waals surface area contributed by atoms with Gasteiger partial charge in [0.1, 0.15) is 0 Å². The highest BCUT2D eigenvalue weighted by atomic mass is 32.2. The van der Waals surface area contributed by atoms with E-state index in [4.69, 9.17) is 0 Å². The summed E-state index contributed by atoms with van der Waals surface area (Å²) in [5.41, 5.74) is -0.214. The van der Waals surface area contributed by atoms with Crippen LogP contribution in [0.3, 0.4) is 0 Å². The van der Waals surface area contributed by atoms with Gasteiger partial charge < -0.3 is 10.2 Å². The molecule has 0 unspecified atom stereocenters. The van der Waals surface area contributed by atoms with Gasteiger partial charge in [-0.15, -0.1) is 5.10 Å². The smallest absolute Gasteiger partial charge is 0.230 e. The zero-order valence-corrected chi connectivity index (χ0v) is 13.0. The van der Waals surface area contributed by atoms with Gasteiger partial charge in [-0.1, -0.05) is 11.8 Å². The molecule has 0 saturated carbocycles. The summed E-state index contributed by atoms with van der Waals surface area (Å²) in [4.78, 5) is 13.8. The van der Waals surface area contributed by atoms with Crippen LogP contribution in [0.1, 0.15) is 20.8 Å². The van der Waals surface area contributed by atoms with Crippen molar-refractivity contribution >= 4 is 17.7 Å². The van der Waals surface area contributed by atoms with Crippen LogP contribution < -0.4 is 5.32 Å². The number of tetrazole rings is 1. The highest BCUT2D eigenvalue weighted by Gasteiger charge is 2.15. The van der Waals surface area contributed by atoms with Crippen LogP contribution in [-0.2, 0) is 11.3 Å². The molecule has 1 rings (SSSR count). The maximum absolute atomic E-state index is 11.7. The number of carbonyl (C=O) groups excluding carboxylic acids is 1. The van der Waals surface area contributed by atoms with Gasteiger partial charge in [-0.3, -0.25) is 4.79 Å². The van der Waals surface area contributed by atoms with Crippen molar-refractivity contribution in [3.8, 4) is 0 Å². The third kappa shape index (κ3) is 6.53. The molecule has 0 aliphatic heterocycles. The molecule has 0 bridgehead atoms. The van der Waals surface area contributed by atoms with Crippen LogP contribution in [0.4, 0.5) is 0 Å². The number of amides is 1. The van der Waals surface area contributed by atoms with E-state index >= 15 is 0 Å². The van der Waals surface area contributed by atoms with Crippen molar-refractivity contribution in [2.45, 2.75) is 38.0 Å². The normalized spacial score (nSPS) is 11.9. The van der Waals surface area contributed by atoms with E-state index in [2.05, 4.69) is 25.7 Å². The number of aromatic nitrogens is 4. The molecule has 0 radical (unpaired) electrons. The van der Waals surface area contributed by atoms with Crippen LogP contribution in [0, 0.1) is 0 Å². The molecule has 1 N–H and O–H groups in total. The number of rotatable bonds is 6. The molecule has 1 aromatic rings. The minimum absolute atomic E-state index is 0.0142. The van der Waals surface area contributed by atoms with Gasteiger partial charge in [0.15, 0.2) is 0 Å². The first-order valence-corrected chi connectivity index (χ1v) is 7.11. The Hall–Kier alpha value is -1.15. The Bertz CT molecular complexity index is 412. The van der Waals surface area contributed by atoms with Crippen LogP contribution in [0.2, 0.25) is 0 Å². The van der Waals surface area contributed by atoms with E-state index in [1.165, 1.54) is 11.8 Å². The highest BCUT2D eigenvalue weighted by Crippen LogP contribution is 2.13. The van der Waals surface area contributed by atoms with Gasteiger partial charge in [-0.2, -0.15) is 0 Å². The molecule has 0 saturated heterocycles. The van der Waals surface area contributed by atoms with E-state index in [-0.39, 0.29) is 11.4 Å². The fourth-order valence-electron chi connectivity index (χ4n) is 1.32. The molecule has 0 fully saturated rings. The standard InChI is InChI=1S/C11H22N6OS/c1-11(2,3)12-9(18)8-19-10-13-14-15-17(10)7-6-16(4)5/h6-8H2,1-5H3,(H,12,18). The number of nitrogens with one attached hydrogen (secondary N) is 1. The van der Waals surface area contributed by atoms with Gasteiger partial charge in [0, 0.05) is 12.1 Å². The summed E-state index contributed by atoms with van der Waals surface area (Å²) in [7, 11) is 3.99. The minimum atomic E-state index is -0.214. The lowest BCUT2D eigenvalue weighted by Gasteiger charge is -2.20. The first-order valence-electron chi connectivity index (χ1n) is 6.12. The fraction of sp³-hybridized carbons (Fsp3) is 0.818. The van der Waals surface area contributed by atoms with Crippen LogP contribution >= 0.6 is 11.8 Å². The van der Waals surface area contributed by atoms with Crippen LogP contribution in [0.25, 0.3) is 0 Å². The maximum atomic E-state index is 11.7. The van der Waals surface area contributed by atoms with Crippen molar-refractivity contribution in [2.24, 2.45) is 0 Å². The number of thioether (sulfide) groups is 1. The van der Waals surface area contributed by atoms with Gasteiger partial charge in [-0.25, -0.2) is 4.68 Å². The van der Waals surface area contributed by atoms with E-state index in [1.807, 2.05) is 34.9 Å². The van der Waals surface area contributed by atoms with E-state index in [1.54, 1.807) is 4.68 Å². The Kier molecular flexibility index (Phi) is 5.74. The first kappa shape index (κ1) is 15.9. The Morgan fingerprint density at radius 3 is 2.68 bits per heavy atom. The lowest BCUT2D eigenvalue weighted by atomic mass is 10.1. The number of hydrogen-bond donors (Lipinski definition) is 1. The summed E-state index contributed by atoms with van der Waals surface area (Å²) in [5.74, 6) is 0.305. The van der Waals surface area contributed by atoms with Crippen LogP contribution in [0.15, 0.2) is 5.16 Å². The van der Waals surface area contributed by atoms with Crippen LogP contribution in [-0.4, -0.2) is 62.9 Å². The molecular formula is C11H22N6OS. The number of likely N-dealkylation sites (N-methyl/N-ethyl adjacent to an activating group) is 1. The molecular weight excluding hydrogens is 264 g/mol. The molecule has 19 heavy (non-hydrogen) atoms. The van der Waals surface area contributed by atoms with Crippen molar-refractivity contribution in [1.29, 1.82) is 0 Å². The fourth-order valence-corrected chi connectivity index (χ4v) is 2.02. The van der Waals surface area contributed by atoms with Gasteiger partial charge in [-0.05, 0) is 45.3 Å². The number of nitrogens with zero attached hydrogens (tertiary/aromatic N) is 5. The Balaban J connectivity index is 2.45. The molecule has 1 heterocycles. The Morgan fingerprint density at radius 1 is 1.42 bits per heavy atom. The number of carbonyl (C=O) groups is 1. The average Bonchev–Trinajstić information content (AvgIpc) is 2.68. The van der Waals surface area contributed by atoms with Crippen molar-refractivity contribution in [3.05, 3.63) is 0 Å². The molecule has 0 aliphatic carbocycles. The summed E-state index contributed by atoms with van der Waals surface area (Å²) in [6.07, 6.45) is 0. The summed E-state index contributed by atoms with van der Waals surface area (Å²) in [6, 6.07) is 0. The quantitative estimate of drug-likeness (QED) is 0.755. The molecule has 0 atom stereocenters.